The van der Waals surface area contributed by atoms with Gasteiger partial charge in [-0.05, 0) is 78.6 Å². The summed E-state index contributed by atoms with van der Waals surface area (Å²) in [5.74, 6) is 0.0658. The van der Waals surface area contributed by atoms with E-state index in [9.17, 15) is 14.4 Å². The first-order valence-corrected chi connectivity index (χ1v) is 17.5. The molecular formula is C38H39N7O4S. The number of nitrogens with zero attached hydrogens (tertiary/aromatic N) is 4. The zero-order valence-electron chi connectivity index (χ0n) is 28.3. The molecule has 3 amide bonds. The van der Waals surface area contributed by atoms with Crippen molar-refractivity contribution < 1.29 is 19.1 Å². The molecule has 0 bridgehead atoms. The lowest BCUT2D eigenvalue weighted by molar-refractivity contribution is -0.136. The highest BCUT2D eigenvalue weighted by Crippen LogP contribution is 2.35. The zero-order chi connectivity index (χ0) is 34.8. The topological polar surface area (TPSA) is 129 Å². The Hall–Kier alpha value is -5.33. The summed E-state index contributed by atoms with van der Waals surface area (Å²) in [5.41, 5.74) is 8.88. The fourth-order valence-electron chi connectivity index (χ4n) is 6.38. The average Bonchev–Trinajstić information content (AvgIpc) is 3.67. The van der Waals surface area contributed by atoms with Gasteiger partial charge in [-0.1, -0.05) is 18.2 Å². The van der Waals surface area contributed by atoms with Crippen LogP contribution in [0.1, 0.15) is 34.3 Å². The van der Waals surface area contributed by atoms with Crippen molar-refractivity contribution in [2.75, 3.05) is 55.9 Å². The van der Waals surface area contributed by atoms with Crippen molar-refractivity contribution in [3.8, 4) is 21.7 Å². The highest BCUT2D eigenvalue weighted by atomic mass is 32.1. The van der Waals surface area contributed by atoms with Gasteiger partial charge in [0.15, 0.2) is 0 Å². The Morgan fingerprint density at radius 3 is 2.38 bits per heavy atom. The van der Waals surface area contributed by atoms with Crippen molar-refractivity contribution >= 4 is 56.5 Å². The first kappa shape index (κ1) is 33.2. The molecule has 4 heterocycles. The van der Waals surface area contributed by atoms with Crippen LogP contribution in [0, 0.1) is 6.92 Å². The maximum Gasteiger partial charge on any atom is 0.255 e. The smallest absolute Gasteiger partial charge is 0.255 e. The van der Waals surface area contributed by atoms with Crippen molar-refractivity contribution in [2.45, 2.75) is 32.4 Å². The molecule has 3 N–H and O–H groups in total. The Morgan fingerprint density at radius 1 is 0.920 bits per heavy atom. The van der Waals surface area contributed by atoms with Gasteiger partial charge in [0.2, 0.25) is 11.8 Å². The van der Waals surface area contributed by atoms with Gasteiger partial charge in [0.05, 0.1) is 23.4 Å². The van der Waals surface area contributed by atoms with Gasteiger partial charge >= 0.3 is 0 Å². The third-order valence-corrected chi connectivity index (χ3v) is 10.1. The van der Waals surface area contributed by atoms with Gasteiger partial charge in [0, 0.05) is 74.4 Å². The molecule has 7 rings (SSSR count). The molecule has 256 valence electrons. The van der Waals surface area contributed by atoms with Crippen LogP contribution in [0.5, 0.6) is 0 Å². The second-order valence-corrected chi connectivity index (χ2v) is 13.8. The van der Waals surface area contributed by atoms with E-state index < -0.39 is 11.9 Å². The van der Waals surface area contributed by atoms with Crippen LogP contribution >= 0.6 is 11.3 Å². The summed E-state index contributed by atoms with van der Waals surface area (Å²) in [6.07, 6.45) is 2.51. The summed E-state index contributed by atoms with van der Waals surface area (Å²) in [6, 6.07) is 21.9. The Morgan fingerprint density at radius 2 is 1.66 bits per heavy atom. The molecule has 1 unspecified atom stereocenters. The fraction of sp³-hybridized carbons (Fsp3) is 0.289. The Labute approximate surface area is 294 Å². The van der Waals surface area contributed by atoms with Gasteiger partial charge in [-0.2, -0.15) is 0 Å². The number of fused-ring (bicyclic) bond motifs is 2. The molecule has 12 heteroatoms. The van der Waals surface area contributed by atoms with Gasteiger partial charge in [-0.3, -0.25) is 19.7 Å². The number of amides is 3. The van der Waals surface area contributed by atoms with Crippen molar-refractivity contribution in [3.05, 3.63) is 89.6 Å². The molecule has 2 aromatic heterocycles. The van der Waals surface area contributed by atoms with Gasteiger partial charge in [0.25, 0.3) is 5.91 Å². The number of aryl methyl sites for hydroxylation is 1. The molecule has 2 aliphatic rings. The molecule has 0 saturated carbocycles. The molecule has 11 nitrogen and oxygen atoms in total. The van der Waals surface area contributed by atoms with Gasteiger partial charge in [0.1, 0.15) is 16.9 Å². The van der Waals surface area contributed by atoms with Crippen LogP contribution in [-0.2, 0) is 20.9 Å². The summed E-state index contributed by atoms with van der Waals surface area (Å²) < 4.78 is 6.97. The molecule has 5 aromatic rings. The highest BCUT2D eigenvalue weighted by molar-refractivity contribution is 7.21. The molecule has 1 atom stereocenters. The molecular weight excluding hydrogens is 651 g/mol. The van der Waals surface area contributed by atoms with E-state index in [2.05, 4.69) is 64.3 Å². The molecule has 1 fully saturated rings. The van der Waals surface area contributed by atoms with Crippen molar-refractivity contribution in [3.63, 3.8) is 0 Å². The predicted molar refractivity (Wildman–Crippen MR) is 198 cm³/mol. The number of aromatic nitrogens is 2. The number of rotatable bonds is 12. The third-order valence-electron chi connectivity index (χ3n) is 9.06. The first-order valence-electron chi connectivity index (χ1n) is 16.7. The molecule has 0 spiro atoms. The summed E-state index contributed by atoms with van der Waals surface area (Å²) in [4.78, 5) is 49.8. The fourth-order valence-corrected chi connectivity index (χ4v) is 7.47. The number of pyridine rings is 1. The Balaban J connectivity index is 0.867. The second kappa shape index (κ2) is 14.3. The normalized spacial score (nSPS) is 15.7. The molecule has 1 saturated heterocycles. The van der Waals surface area contributed by atoms with Gasteiger partial charge in [-0.15, -0.1) is 11.3 Å². The molecule has 0 aliphatic carbocycles. The van der Waals surface area contributed by atoms with Crippen LogP contribution in [0.25, 0.3) is 31.9 Å². The van der Waals surface area contributed by atoms with E-state index in [0.29, 0.717) is 44.8 Å². The minimum Gasteiger partial charge on any atom is -0.383 e. The number of piperidine rings is 1. The predicted octanol–water partition coefficient (Wildman–Crippen LogP) is 5.70. The SMILES string of the molecule is Cc1cc(-c2ccc(N(C)C)nc2)ccc1-c1nc2ccc(NCCOCCNc3ccc4c(c3)CN(C3CCC(=O)NC3=O)C4=O)cc2s1. The largest absolute Gasteiger partial charge is 0.383 e. The first-order chi connectivity index (χ1) is 24.2. The van der Waals surface area contributed by atoms with E-state index in [-0.39, 0.29) is 18.2 Å². The number of ether oxygens (including phenoxy) is 1. The highest BCUT2D eigenvalue weighted by Gasteiger charge is 2.39. The minimum atomic E-state index is -0.615. The summed E-state index contributed by atoms with van der Waals surface area (Å²) in [6.45, 7) is 4.82. The lowest BCUT2D eigenvalue weighted by Crippen LogP contribution is -2.52. The van der Waals surface area contributed by atoms with E-state index in [1.807, 2.05) is 49.5 Å². The molecule has 50 heavy (non-hydrogen) atoms. The maximum absolute atomic E-state index is 12.9. The monoisotopic (exact) mass is 689 g/mol. The summed E-state index contributed by atoms with van der Waals surface area (Å²) >= 11 is 1.69. The van der Waals surface area contributed by atoms with E-state index in [1.54, 1.807) is 22.3 Å². The number of imide groups is 1. The van der Waals surface area contributed by atoms with Crippen LogP contribution < -0.4 is 20.9 Å². The van der Waals surface area contributed by atoms with Crippen molar-refractivity contribution in [1.29, 1.82) is 0 Å². The van der Waals surface area contributed by atoms with Crippen LogP contribution in [0.15, 0.2) is 72.9 Å². The Kier molecular flexibility index (Phi) is 9.46. The molecule has 0 radical (unpaired) electrons. The number of carbonyl (C=O) groups is 3. The standard InChI is InChI=1S/C38H39N7O4S/c1-23-18-24(25-5-12-34(41-21-25)44(2)3)4-8-29(23)37-42-31-10-7-28(20-33(31)50-37)40-15-17-49-16-14-39-27-6-9-30-26(19-27)22-45(38(30)48)32-11-13-35(46)43-36(32)47/h4-10,12,18-21,32,39-40H,11,13-17,22H2,1-3H3,(H,43,46,47). The number of hydrogen-bond acceptors (Lipinski definition) is 10. The van der Waals surface area contributed by atoms with E-state index in [0.717, 1.165) is 54.7 Å². The number of thiazole rings is 1. The summed E-state index contributed by atoms with van der Waals surface area (Å²) in [5, 5.41) is 10.1. The Bertz CT molecular complexity index is 2080. The van der Waals surface area contributed by atoms with E-state index in [1.165, 1.54) is 5.56 Å². The van der Waals surface area contributed by atoms with E-state index in [4.69, 9.17) is 9.72 Å². The van der Waals surface area contributed by atoms with Crippen molar-refractivity contribution in [1.82, 2.24) is 20.2 Å². The third kappa shape index (κ3) is 7.03. The van der Waals surface area contributed by atoms with Crippen LogP contribution in [0.2, 0.25) is 0 Å². The van der Waals surface area contributed by atoms with Crippen molar-refractivity contribution in [2.24, 2.45) is 0 Å². The van der Waals surface area contributed by atoms with Crippen LogP contribution in [-0.4, -0.2) is 79.0 Å². The van der Waals surface area contributed by atoms with Crippen LogP contribution in [0.3, 0.4) is 0 Å². The van der Waals surface area contributed by atoms with Gasteiger partial charge in [-0.25, -0.2) is 9.97 Å². The number of carbonyl (C=O) groups excluding carboxylic acids is 3. The average molecular weight is 690 g/mol. The number of nitrogens with one attached hydrogen (secondary N) is 3. The number of hydrogen-bond donors (Lipinski definition) is 3. The molecule has 3 aromatic carbocycles. The number of benzene rings is 3. The maximum atomic E-state index is 12.9. The van der Waals surface area contributed by atoms with Crippen LogP contribution in [0.4, 0.5) is 17.2 Å². The minimum absolute atomic E-state index is 0.173. The molecule has 2 aliphatic heterocycles. The number of anilines is 3. The van der Waals surface area contributed by atoms with Gasteiger partial charge < -0.3 is 25.2 Å². The zero-order valence-corrected chi connectivity index (χ0v) is 29.1. The second-order valence-electron chi connectivity index (χ2n) is 12.8. The lowest BCUT2D eigenvalue weighted by Gasteiger charge is -2.29. The summed E-state index contributed by atoms with van der Waals surface area (Å²) in [7, 11) is 3.97. The quantitative estimate of drug-likeness (QED) is 0.112. The lowest BCUT2D eigenvalue weighted by atomic mass is 10.0. The van der Waals surface area contributed by atoms with E-state index >= 15 is 0 Å².